The molecule has 0 unspecified atom stereocenters. The van der Waals surface area contributed by atoms with Crippen molar-refractivity contribution in [1.82, 2.24) is 15.6 Å². The van der Waals surface area contributed by atoms with E-state index in [2.05, 4.69) is 31.5 Å². The molecule has 2 N–H and O–H groups in total. The van der Waals surface area contributed by atoms with E-state index in [4.69, 9.17) is 0 Å². The predicted octanol–water partition coefficient (Wildman–Crippen LogP) is 1.99. The van der Waals surface area contributed by atoms with E-state index in [0.29, 0.717) is 19.1 Å². The molecule has 4 nitrogen and oxygen atoms in total. The van der Waals surface area contributed by atoms with Gasteiger partial charge in [0.2, 0.25) is 5.91 Å². The van der Waals surface area contributed by atoms with Gasteiger partial charge in [0.25, 0.3) is 0 Å². The first-order valence-electron chi connectivity index (χ1n) is 6.35. The van der Waals surface area contributed by atoms with Gasteiger partial charge in [0, 0.05) is 6.04 Å². The molecule has 1 aliphatic carbocycles. The highest BCUT2D eigenvalue weighted by molar-refractivity contribution is 9.10. The number of hydrogen-bond acceptors (Lipinski definition) is 3. The van der Waals surface area contributed by atoms with Crippen LogP contribution in [0.15, 0.2) is 22.8 Å². The third kappa shape index (κ3) is 4.38. The summed E-state index contributed by atoms with van der Waals surface area (Å²) in [6.07, 6.45) is 4.95. The van der Waals surface area contributed by atoms with Crippen molar-refractivity contribution in [2.75, 3.05) is 6.54 Å². The standard InChI is InChI=1S/C13H18BrN3O/c14-12-7-3-6-11(17-12)8-16-13(18)9-15-10-4-1-2-5-10/h3,6-7,10,15H,1-2,4-5,8-9H2,(H,16,18). The van der Waals surface area contributed by atoms with Crippen molar-refractivity contribution in [3.63, 3.8) is 0 Å². The molecule has 1 amide bonds. The zero-order valence-electron chi connectivity index (χ0n) is 10.3. The second-order valence-corrected chi connectivity index (χ2v) is 5.40. The van der Waals surface area contributed by atoms with Crippen LogP contribution in [-0.2, 0) is 11.3 Å². The number of carbonyl (C=O) groups is 1. The molecule has 0 aromatic carbocycles. The molecule has 5 heteroatoms. The average Bonchev–Trinajstić information content (AvgIpc) is 2.87. The molecule has 0 bridgehead atoms. The molecule has 18 heavy (non-hydrogen) atoms. The first kappa shape index (κ1) is 13.5. The summed E-state index contributed by atoms with van der Waals surface area (Å²) in [6.45, 7) is 0.878. The van der Waals surface area contributed by atoms with Crippen LogP contribution in [0.4, 0.5) is 0 Å². The smallest absolute Gasteiger partial charge is 0.234 e. The Morgan fingerprint density at radius 3 is 2.89 bits per heavy atom. The number of carbonyl (C=O) groups excluding carboxylic acids is 1. The summed E-state index contributed by atoms with van der Waals surface area (Å²) >= 11 is 3.31. The number of hydrogen-bond donors (Lipinski definition) is 2. The fraction of sp³-hybridized carbons (Fsp3) is 0.538. The Kier molecular flexibility index (Phi) is 5.13. The van der Waals surface area contributed by atoms with Crippen LogP contribution in [0.25, 0.3) is 0 Å². The summed E-state index contributed by atoms with van der Waals surface area (Å²) in [6, 6.07) is 6.21. The van der Waals surface area contributed by atoms with Crippen molar-refractivity contribution in [2.45, 2.75) is 38.3 Å². The molecule has 1 fully saturated rings. The summed E-state index contributed by atoms with van der Waals surface area (Å²) < 4.78 is 0.790. The van der Waals surface area contributed by atoms with Crippen molar-refractivity contribution in [1.29, 1.82) is 0 Å². The lowest BCUT2D eigenvalue weighted by Crippen LogP contribution is -2.37. The van der Waals surface area contributed by atoms with Crippen molar-refractivity contribution in [3.05, 3.63) is 28.5 Å². The fourth-order valence-electron chi connectivity index (χ4n) is 2.17. The number of rotatable bonds is 5. The number of nitrogens with zero attached hydrogens (tertiary/aromatic N) is 1. The van der Waals surface area contributed by atoms with Gasteiger partial charge in [0.15, 0.2) is 0 Å². The SMILES string of the molecule is O=C(CNC1CCCC1)NCc1cccc(Br)n1. The third-order valence-electron chi connectivity index (χ3n) is 3.15. The van der Waals surface area contributed by atoms with Gasteiger partial charge in [-0.15, -0.1) is 0 Å². The summed E-state index contributed by atoms with van der Waals surface area (Å²) in [5.74, 6) is 0.0312. The minimum Gasteiger partial charge on any atom is -0.349 e. The van der Waals surface area contributed by atoms with Crippen molar-refractivity contribution >= 4 is 21.8 Å². The number of amides is 1. The van der Waals surface area contributed by atoms with Gasteiger partial charge in [-0.1, -0.05) is 18.9 Å². The highest BCUT2D eigenvalue weighted by Crippen LogP contribution is 2.17. The number of aromatic nitrogens is 1. The Hall–Kier alpha value is -0.940. The van der Waals surface area contributed by atoms with Crippen LogP contribution in [-0.4, -0.2) is 23.5 Å². The highest BCUT2D eigenvalue weighted by atomic mass is 79.9. The monoisotopic (exact) mass is 311 g/mol. The van der Waals surface area contributed by atoms with Crippen LogP contribution >= 0.6 is 15.9 Å². The third-order valence-corrected chi connectivity index (χ3v) is 3.59. The second-order valence-electron chi connectivity index (χ2n) is 4.59. The summed E-state index contributed by atoms with van der Waals surface area (Å²) in [4.78, 5) is 15.9. The molecule has 0 radical (unpaired) electrons. The minimum absolute atomic E-state index is 0.0312. The maximum absolute atomic E-state index is 11.6. The molecule has 0 spiro atoms. The Morgan fingerprint density at radius 2 is 2.17 bits per heavy atom. The molecule has 0 aliphatic heterocycles. The Morgan fingerprint density at radius 1 is 1.39 bits per heavy atom. The molecule has 1 saturated carbocycles. The maximum Gasteiger partial charge on any atom is 0.234 e. The lowest BCUT2D eigenvalue weighted by atomic mass is 10.2. The van der Waals surface area contributed by atoms with E-state index in [1.807, 2.05) is 18.2 Å². The van der Waals surface area contributed by atoms with E-state index < -0.39 is 0 Å². The summed E-state index contributed by atoms with van der Waals surface area (Å²) in [5.41, 5.74) is 0.860. The van der Waals surface area contributed by atoms with Gasteiger partial charge in [-0.05, 0) is 40.9 Å². The van der Waals surface area contributed by atoms with Crippen molar-refractivity contribution < 1.29 is 4.79 Å². The van der Waals surface area contributed by atoms with E-state index in [9.17, 15) is 4.79 Å². The topological polar surface area (TPSA) is 54.0 Å². The lowest BCUT2D eigenvalue weighted by Gasteiger charge is -2.11. The van der Waals surface area contributed by atoms with E-state index in [0.717, 1.165) is 10.3 Å². The van der Waals surface area contributed by atoms with Crippen LogP contribution in [0.2, 0.25) is 0 Å². The fourth-order valence-corrected chi connectivity index (χ4v) is 2.55. The molecule has 98 valence electrons. The zero-order chi connectivity index (χ0) is 12.8. The number of nitrogens with one attached hydrogen (secondary N) is 2. The maximum atomic E-state index is 11.6. The van der Waals surface area contributed by atoms with Gasteiger partial charge >= 0.3 is 0 Å². The van der Waals surface area contributed by atoms with Gasteiger partial charge in [0.05, 0.1) is 18.8 Å². The molecule has 2 rings (SSSR count). The normalized spacial score (nSPS) is 15.8. The van der Waals surface area contributed by atoms with Gasteiger partial charge in [-0.25, -0.2) is 4.98 Å². The van der Waals surface area contributed by atoms with E-state index >= 15 is 0 Å². The first-order valence-corrected chi connectivity index (χ1v) is 7.15. The van der Waals surface area contributed by atoms with Crippen molar-refractivity contribution in [3.8, 4) is 0 Å². The second kappa shape index (κ2) is 6.85. The minimum atomic E-state index is 0.0312. The van der Waals surface area contributed by atoms with Crippen LogP contribution in [0.3, 0.4) is 0 Å². The van der Waals surface area contributed by atoms with Crippen LogP contribution in [0.1, 0.15) is 31.4 Å². The molecule has 1 aromatic rings. The average molecular weight is 312 g/mol. The largest absolute Gasteiger partial charge is 0.349 e. The number of halogens is 1. The zero-order valence-corrected chi connectivity index (χ0v) is 11.9. The van der Waals surface area contributed by atoms with Gasteiger partial charge in [-0.2, -0.15) is 0 Å². The Labute approximate surface area is 116 Å². The molecule has 0 atom stereocenters. The number of pyridine rings is 1. The van der Waals surface area contributed by atoms with Crippen LogP contribution in [0.5, 0.6) is 0 Å². The lowest BCUT2D eigenvalue weighted by molar-refractivity contribution is -0.120. The first-order chi connectivity index (χ1) is 8.74. The van der Waals surface area contributed by atoms with E-state index in [1.54, 1.807) is 0 Å². The highest BCUT2D eigenvalue weighted by Gasteiger charge is 2.15. The molecule has 0 saturated heterocycles. The Balaban J connectivity index is 1.68. The quantitative estimate of drug-likeness (QED) is 0.818. The van der Waals surface area contributed by atoms with Gasteiger partial charge in [0.1, 0.15) is 4.60 Å². The summed E-state index contributed by atoms with van der Waals surface area (Å²) in [7, 11) is 0. The van der Waals surface area contributed by atoms with Gasteiger partial charge in [-0.3, -0.25) is 4.79 Å². The molecule has 1 heterocycles. The Bertz CT molecular complexity index is 405. The molecule has 1 aromatic heterocycles. The van der Waals surface area contributed by atoms with Gasteiger partial charge < -0.3 is 10.6 Å². The van der Waals surface area contributed by atoms with E-state index in [-0.39, 0.29) is 5.91 Å². The van der Waals surface area contributed by atoms with Crippen LogP contribution < -0.4 is 10.6 Å². The van der Waals surface area contributed by atoms with Crippen molar-refractivity contribution in [2.24, 2.45) is 0 Å². The van der Waals surface area contributed by atoms with E-state index in [1.165, 1.54) is 25.7 Å². The molecular formula is C13H18BrN3O. The van der Waals surface area contributed by atoms with Crippen LogP contribution in [0, 0.1) is 0 Å². The summed E-state index contributed by atoms with van der Waals surface area (Å²) in [5, 5.41) is 6.15. The predicted molar refractivity (Wildman–Crippen MR) is 74.0 cm³/mol. The molecule has 1 aliphatic rings. The molecular weight excluding hydrogens is 294 g/mol.